The van der Waals surface area contributed by atoms with Crippen LogP contribution >= 0.6 is 11.3 Å². The number of piperazine rings is 1. The van der Waals surface area contributed by atoms with E-state index in [0.717, 1.165) is 45.1 Å². The minimum atomic E-state index is 0.113. The van der Waals surface area contributed by atoms with E-state index in [9.17, 15) is 4.79 Å². The highest BCUT2D eigenvalue weighted by atomic mass is 32.1. The van der Waals surface area contributed by atoms with Crippen molar-refractivity contribution in [1.82, 2.24) is 9.88 Å². The zero-order valence-electron chi connectivity index (χ0n) is 17.2. The number of nitrogens with zero attached hydrogens (tertiary/aromatic N) is 3. The number of fused-ring (bicyclic) bond motifs is 1. The van der Waals surface area contributed by atoms with Crippen LogP contribution in [-0.4, -0.2) is 56.2 Å². The van der Waals surface area contributed by atoms with Gasteiger partial charge in [-0.1, -0.05) is 29.0 Å². The number of methoxy groups -OCH3 is 2. The monoisotopic (exact) mass is 411 g/mol. The van der Waals surface area contributed by atoms with Crippen LogP contribution < -0.4 is 14.4 Å². The molecule has 29 heavy (non-hydrogen) atoms. The molecule has 0 saturated carbocycles. The summed E-state index contributed by atoms with van der Waals surface area (Å²) in [5.41, 5.74) is 3.75. The van der Waals surface area contributed by atoms with Gasteiger partial charge in [-0.15, -0.1) is 0 Å². The van der Waals surface area contributed by atoms with Crippen LogP contribution in [0.25, 0.3) is 10.2 Å². The van der Waals surface area contributed by atoms with Crippen molar-refractivity contribution >= 4 is 32.6 Å². The summed E-state index contributed by atoms with van der Waals surface area (Å²) in [6, 6.07) is 9.96. The van der Waals surface area contributed by atoms with Crippen molar-refractivity contribution in [2.24, 2.45) is 0 Å². The van der Waals surface area contributed by atoms with Crippen LogP contribution in [0.2, 0.25) is 0 Å². The van der Waals surface area contributed by atoms with Gasteiger partial charge in [-0.2, -0.15) is 0 Å². The van der Waals surface area contributed by atoms with Crippen molar-refractivity contribution in [3.63, 3.8) is 0 Å². The summed E-state index contributed by atoms with van der Waals surface area (Å²) in [6.07, 6.45) is 0. The minimum Gasteiger partial charge on any atom is -0.493 e. The SMILES string of the molecule is COc1ccc2sc(N3CCN(C(=O)c4cc(C)ccc4C)CC3)nc2c1OC. The minimum absolute atomic E-state index is 0.113. The number of benzene rings is 2. The first kappa shape index (κ1) is 19.5. The van der Waals surface area contributed by atoms with E-state index in [1.54, 1.807) is 25.6 Å². The molecular formula is C22H25N3O3S. The van der Waals surface area contributed by atoms with Gasteiger partial charge in [-0.25, -0.2) is 4.98 Å². The molecule has 1 amide bonds. The molecule has 1 aliphatic rings. The number of carbonyl (C=O) groups is 1. The number of carbonyl (C=O) groups excluding carboxylic acids is 1. The van der Waals surface area contributed by atoms with Crippen molar-refractivity contribution in [2.45, 2.75) is 13.8 Å². The van der Waals surface area contributed by atoms with Crippen LogP contribution in [0.1, 0.15) is 21.5 Å². The van der Waals surface area contributed by atoms with Crippen molar-refractivity contribution in [3.8, 4) is 11.5 Å². The summed E-state index contributed by atoms with van der Waals surface area (Å²) in [6.45, 7) is 6.90. The average Bonchev–Trinajstić information content (AvgIpc) is 3.18. The number of ether oxygens (including phenoxy) is 2. The fraction of sp³-hybridized carbons (Fsp3) is 0.364. The molecule has 0 N–H and O–H groups in total. The van der Waals surface area contributed by atoms with Gasteiger partial charge in [0.25, 0.3) is 5.91 Å². The van der Waals surface area contributed by atoms with E-state index >= 15 is 0 Å². The highest BCUT2D eigenvalue weighted by molar-refractivity contribution is 7.22. The second-order valence-electron chi connectivity index (χ2n) is 7.24. The lowest BCUT2D eigenvalue weighted by Gasteiger charge is -2.34. The first-order valence-corrected chi connectivity index (χ1v) is 10.5. The topological polar surface area (TPSA) is 54.9 Å². The molecule has 1 aliphatic heterocycles. The Morgan fingerprint density at radius 1 is 1.03 bits per heavy atom. The Kier molecular flexibility index (Phi) is 5.32. The maximum absolute atomic E-state index is 13.0. The molecule has 6 nitrogen and oxygen atoms in total. The van der Waals surface area contributed by atoms with E-state index < -0.39 is 0 Å². The number of thiazole rings is 1. The summed E-state index contributed by atoms with van der Waals surface area (Å²) in [7, 11) is 3.26. The number of aromatic nitrogens is 1. The third-order valence-corrected chi connectivity index (χ3v) is 6.43. The van der Waals surface area contributed by atoms with Crippen molar-refractivity contribution in [2.75, 3.05) is 45.3 Å². The highest BCUT2D eigenvalue weighted by Crippen LogP contribution is 2.40. The predicted octanol–water partition coefficient (Wildman–Crippen LogP) is 3.89. The van der Waals surface area contributed by atoms with Crippen LogP contribution in [0.3, 0.4) is 0 Å². The van der Waals surface area contributed by atoms with E-state index in [-0.39, 0.29) is 5.91 Å². The largest absolute Gasteiger partial charge is 0.493 e. The predicted molar refractivity (Wildman–Crippen MR) is 117 cm³/mol. The van der Waals surface area contributed by atoms with Gasteiger partial charge in [0.05, 0.1) is 18.9 Å². The highest BCUT2D eigenvalue weighted by Gasteiger charge is 2.25. The van der Waals surface area contributed by atoms with Crippen molar-refractivity contribution < 1.29 is 14.3 Å². The fourth-order valence-electron chi connectivity index (χ4n) is 3.67. The van der Waals surface area contributed by atoms with Crippen molar-refractivity contribution in [1.29, 1.82) is 0 Å². The summed E-state index contributed by atoms with van der Waals surface area (Å²) in [5, 5.41) is 0.949. The van der Waals surface area contributed by atoms with E-state index in [0.29, 0.717) is 24.6 Å². The second-order valence-corrected chi connectivity index (χ2v) is 8.25. The summed E-state index contributed by atoms with van der Waals surface area (Å²) in [4.78, 5) is 22.0. The number of aryl methyl sites for hydroxylation is 2. The van der Waals surface area contributed by atoms with Crippen LogP contribution in [-0.2, 0) is 0 Å². The van der Waals surface area contributed by atoms with E-state index in [1.165, 1.54) is 0 Å². The Hall–Kier alpha value is -2.80. The normalized spacial score (nSPS) is 14.3. The van der Waals surface area contributed by atoms with Gasteiger partial charge in [0.2, 0.25) is 0 Å². The molecule has 0 radical (unpaired) electrons. The van der Waals surface area contributed by atoms with Gasteiger partial charge in [0.1, 0.15) is 5.52 Å². The van der Waals surface area contributed by atoms with E-state index in [1.807, 2.05) is 49.1 Å². The molecule has 3 aromatic rings. The molecular weight excluding hydrogens is 386 g/mol. The Morgan fingerprint density at radius 3 is 2.48 bits per heavy atom. The molecule has 0 unspecified atom stereocenters. The van der Waals surface area contributed by atoms with E-state index in [4.69, 9.17) is 14.5 Å². The second kappa shape index (κ2) is 7.91. The molecule has 2 aromatic carbocycles. The van der Waals surface area contributed by atoms with Crippen LogP contribution in [0.15, 0.2) is 30.3 Å². The lowest BCUT2D eigenvalue weighted by Crippen LogP contribution is -2.48. The molecule has 0 aliphatic carbocycles. The quantitative estimate of drug-likeness (QED) is 0.652. The molecule has 1 saturated heterocycles. The van der Waals surface area contributed by atoms with Gasteiger partial charge in [0.15, 0.2) is 16.6 Å². The fourth-order valence-corrected chi connectivity index (χ4v) is 4.69. The van der Waals surface area contributed by atoms with Crippen LogP contribution in [0.5, 0.6) is 11.5 Å². The van der Waals surface area contributed by atoms with Crippen molar-refractivity contribution in [3.05, 3.63) is 47.0 Å². The maximum atomic E-state index is 13.0. The molecule has 0 spiro atoms. The first-order valence-electron chi connectivity index (χ1n) is 9.65. The summed E-state index contributed by atoms with van der Waals surface area (Å²) < 4.78 is 12.0. The Balaban J connectivity index is 1.51. The molecule has 0 atom stereocenters. The Morgan fingerprint density at radius 2 is 1.79 bits per heavy atom. The molecule has 7 heteroatoms. The Labute approximate surface area is 174 Å². The standard InChI is InChI=1S/C22H25N3O3S/c1-14-5-6-15(2)16(13-14)21(26)24-9-11-25(12-10-24)22-23-19-18(29-22)8-7-17(27-3)20(19)28-4/h5-8,13H,9-12H2,1-4H3. The summed E-state index contributed by atoms with van der Waals surface area (Å²) >= 11 is 1.64. The van der Waals surface area contributed by atoms with Gasteiger partial charge in [-0.05, 0) is 37.6 Å². The van der Waals surface area contributed by atoms with Gasteiger partial charge >= 0.3 is 0 Å². The smallest absolute Gasteiger partial charge is 0.254 e. The lowest BCUT2D eigenvalue weighted by atomic mass is 10.0. The lowest BCUT2D eigenvalue weighted by molar-refractivity contribution is 0.0746. The molecule has 1 aromatic heterocycles. The Bertz CT molecular complexity index is 1050. The average molecular weight is 412 g/mol. The van der Waals surface area contributed by atoms with Crippen LogP contribution in [0.4, 0.5) is 5.13 Å². The number of amides is 1. The third kappa shape index (κ3) is 3.62. The zero-order valence-corrected chi connectivity index (χ0v) is 18.0. The number of rotatable bonds is 4. The number of anilines is 1. The summed E-state index contributed by atoms with van der Waals surface area (Å²) in [5.74, 6) is 1.46. The number of hydrogen-bond acceptors (Lipinski definition) is 6. The molecule has 4 rings (SSSR count). The number of hydrogen-bond donors (Lipinski definition) is 0. The first-order chi connectivity index (χ1) is 14.0. The molecule has 0 bridgehead atoms. The van der Waals surface area contributed by atoms with Gasteiger partial charge < -0.3 is 19.3 Å². The molecule has 1 fully saturated rings. The van der Waals surface area contributed by atoms with Crippen LogP contribution in [0, 0.1) is 13.8 Å². The van der Waals surface area contributed by atoms with Gasteiger partial charge in [0, 0.05) is 31.7 Å². The van der Waals surface area contributed by atoms with Gasteiger partial charge in [-0.3, -0.25) is 4.79 Å². The molecule has 152 valence electrons. The van der Waals surface area contributed by atoms with E-state index in [2.05, 4.69) is 4.90 Å². The zero-order chi connectivity index (χ0) is 20.5. The third-order valence-electron chi connectivity index (χ3n) is 5.35. The maximum Gasteiger partial charge on any atom is 0.254 e. The molecule has 2 heterocycles.